The molecule has 1 atom stereocenters. The number of allylic oxidation sites excluding steroid dienone is 1. The fraction of sp³-hybridized carbons (Fsp3) is 0.609. The van der Waals surface area contributed by atoms with Gasteiger partial charge in [0.2, 0.25) is 0 Å². The van der Waals surface area contributed by atoms with Gasteiger partial charge < -0.3 is 0 Å². The summed E-state index contributed by atoms with van der Waals surface area (Å²) in [6, 6.07) is 9.79. The Morgan fingerprint density at radius 2 is 1.75 bits per heavy atom. The molecular weight excluding hydrogens is 290 g/mol. The van der Waals surface area contributed by atoms with Crippen molar-refractivity contribution in [2.75, 3.05) is 0 Å². The highest BCUT2D eigenvalue weighted by Crippen LogP contribution is 2.54. The summed E-state index contributed by atoms with van der Waals surface area (Å²) in [6.07, 6.45) is 13.3. The highest BCUT2D eigenvalue weighted by Gasteiger charge is 2.60. The van der Waals surface area contributed by atoms with E-state index in [0.29, 0.717) is 6.04 Å². The van der Waals surface area contributed by atoms with E-state index in [1.165, 1.54) is 32.1 Å². The van der Waals surface area contributed by atoms with Gasteiger partial charge in [0.15, 0.2) is 11.8 Å². The SMILES string of the molecule is CC(C)[N+]1=C[C@]2(C3CCCCC3)C(=CCc3ccccc32)C1(C)C. The van der Waals surface area contributed by atoms with E-state index in [-0.39, 0.29) is 11.0 Å². The highest BCUT2D eigenvalue weighted by atomic mass is 15.1. The summed E-state index contributed by atoms with van der Waals surface area (Å²) in [5, 5.41) is 0. The van der Waals surface area contributed by atoms with Gasteiger partial charge in [-0.2, -0.15) is 0 Å². The molecule has 1 saturated carbocycles. The van der Waals surface area contributed by atoms with Crippen LogP contribution in [0.5, 0.6) is 0 Å². The fourth-order valence-electron chi connectivity index (χ4n) is 5.94. The molecule has 0 aromatic heterocycles. The Kier molecular flexibility index (Phi) is 3.74. The normalized spacial score (nSPS) is 29.0. The quantitative estimate of drug-likeness (QED) is 0.515. The maximum Gasteiger partial charge on any atom is 0.179 e. The van der Waals surface area contributed by atoms with Gasteiger partial charge in [0.1, 0.15) is 11.5 Å². The van der Waals surface area contributed by atoms with Crippen LogP contribution in [0.2, 0.25) is 0 Å². The Labute approximate surface area is 147 Å². The summed E-state index contributed by atoms with van der Waals surface area (Å²) in [6.45, 7) is 9.56. The zero-order valence-electron chi connectivity index (χ0n) is 15.8. The van der Waals surface area contributed by atoms with E-state index in [1.807, 2.05) is 0 Å². The third kappa shape index (κ3) is 2.09. The zero-order chi connectivity index (χ0) is 16.9. The van der Waals surface area contributed by atoms with E-state index in [0.717, 1.165) is 12.3 Å². The van der Waals surface area contributed by atoms with Crippen molar-refractivity contribution in [3.05, 3.63) is 47.0 Å². The molecule has 1 fully saturated rings. The Morgan fingerprint density at radius 3 is 2.46 bits per heavy atom. The summed E-state index contributed by atoms with van der Waals surface area (Å²) in [5.74, 6) is 0.766. The van der Waals surface area contributed by atoms with Gasteiger partial charge in [-0.05, 0) is 50.2 Å². The van der Waals surface area contributed by atoms with E-state index in [9.17, 15) is 0 Å². The van der Waals surface area contributed by atoms with Crippen LogP contribution in [0.4, 0.5) is 0 Å². The lowest BCUT2D eigenvalue weighted by Crippen LogP contribution is -2.44. The maximum absolute atomic E-state index is 2.65. The van der Waals surface area contributed by atoms with Crippen molar-refractivity contribution in [3.63, 3.8) is 0 Å². The summed E-state index contributed by atoms with van der Waals surface area (Å²) in [7, 11) is 0. The predicted octanol–water partition coefficient (Wildman–Crippen LogP) is 5.27. The van der Waals surface area contributed by atoms with Crippen molar-refractivity contribution < 1.29 is 4.58 Å². The molecule has 1 aliphatic heterocycles. The second kappa shape index (κ2) is 5.58. The second-order valence-electron chi connectivity index (χ2n) is 8.87. The van der Waals surface area contributed by atoms with Gasteiger partial charge in [-0.1, -0.05) is 49.6 Å². The summed E-state index contributed by atoms with van der Waals surface area (Å²) < 4.78 is 2.65. The number of fused-ring (bicyclic) bond motifs is 3. The third-order valence-corrected chi connectivity index (χ3v) is 6.89. The number of rotatable bonds is 2. The molecule has 3 aliphatic rings. The van der Waals surface area contributed by atoms with Gasteiger partial charge in [0.05, 0.1) is 0 Å². The molecular formula is C23H32N+. The molecule has 1 aromatic carbocycles. The molecule has 0 spiro atoms. The minimum Gasteiger partial charge on any atom is -0.228 e. The van der Waals surface area contributed by atoms with Crippen LogP contribution in [-0.2, 0) is 11.8 Å². The summed E-state index contributed by atoms with van der Waals surface area (Å²) in [4.78, 5) is 0. The van der Waals surface area contributed by atoms with Crippen LogP contribution in [-0.4, -0.2) is 22.4 Å². The molecule has 1 aromatic rings. The standard InChI is InChI=1S/C23H32N/c1-17(2)24-16-23(19-11-6-5-7-12-19)20-13-9-8-10-18(20)14-15-21(23)22(24,3)4/h8-10,13,15-17,19H,5-7,11-12,14H2,1-4H3/q+1/t23-/m1/s1. The zero-order valence-corrected chi connectivity index (χ0v) is 15.8. The molecule has 1 heterocycles. The lowest BCUT2D eigenvalue weighted by atomic mass is 9.57. The van der Waals surface area contributed by atoms with E-state index >= 15 is 0 Å². The van der Waals surface area contributed by atoms with Crippen molar-refractivity contribution in [1.29, 1.82) is 0 Å². The fourth-order valence-corrected chi connectivity index (χ4v) is 5.94. The van der Waals surface area contributed by atoms with Crippen LogP contribution in [0, 0.1) is 5.92 Å². The van der Waals surface area contributed by atoms with Crippen LogP contribution in [0.3, 0.4) is 0 Å². The molecule has 0 saturated heterocycles. The monoisotopic (exact) mass is 322 g/mol. The molecule has 128 valence electrons. The average Bonchev–Trinajstić information content (AvgIpc) is 2.85. The van der Waals surface area contributed by atoms with Crippen molar-refractivity contribution in [2.24, 2.45) is 5.92 Å². The first-order valence-electron chi connectivity index (χ1n) is 9.92. The smallest absolute Gasteiger partial charge is 0.179 e. The van der Waals surface area contributed by atoms with E-state index in [1.54, 1.807) is 16.7 Å². The Balaban J connectivity index is 1.97. The first-order valence-corrected chi connectivity index (χ1v) is 9.92. The number of hydrogen-bond donors (Lipinski definition) is 0. The topological polar surface area (TPSA) is 3.01 Å². The Hall–Kier alpha value is -1.37. The van der Waals surface area contributed by atoms with E-state index in [2.05, 4.69) is 68.8 Å². The largest absolute Gasteiger partial charge is 0.228 e. The van der Waals surface area contributed by atoms with Gasteiger partial charge in [-0.25, -0.2) is 4.58 Å². The van der Waals surface area contributed by atoms with E-state index in [4.69, 9.17) is 0 Å². The van der Waals surface area contributed by atoms with Crippen LogP contribution in [0.15, 0.2) is 35.9 Å². The van der Waals surface area contributed by atoms with Crippen LogP contribution in [0.1, 0.15) is 70.9 Å². The molecule has 2 aliphatic carbocycles. The molecule has 0 N–H and O–H groups in total. The molecule has 24 heavy (non-hydrogen) atoms. The van der Waals surface area contributed by atoms with Gasteiger partial charge in [-0.15, -0.1) is 0 Å². The molecule has 4 rings (SSSR count). The molecule has 0 unspecified atom stereocenters. The average molecular weight is 323 g/mol. The molecule has 1 nitrogen and oxygen atoms in total. The van der Waals surface area contributed by atoms with Crippen molar-refractivity contribution in [1.82, 2.24) is 0 Å². The molecule has 1 heteroatoms. The van der Waals surface area contributed by atoms with Crippen LogP contribution >= 0.6 is 0 Å². The van der Waals surface area contributed by atoms with Crippen molar-refractivity contribution >= 4 is 6.21 Å². The summed E-state index contributed by atoms with van der Waals surface area (Å²) >= 11 is 0. The lowest BCUT2D eigenvalue weighted by Gasteiger charge is -2.42. The Morgan fingerprint density at radius 1 is 1.04 bits per heavy atom. The van der Waals surface area contributed by atoms with Gasteiger partial charge in [0, 0.05) is 19.4 Å². The first-order chi connectivity index (χ1) is 11.5. The predicted molar refractivity (Wildman–Crippen MR) is 102 cm³/mol. The van der Waals surface area contributed by atoms with Gasteiger partial charge in [-0.3, -0.25) is 0 Å². The summed E-state index contributed by atoms with van der Waals surface area (Å²) in [5.41, 5.74) is 5.09. The number of hydrogen-bond acceptors (Lipinski definition) is 0. The van der Waals surface area contributed by atoms with Gasteiger partial charge in [0.25, 0.3) is 0 Å². The molecule has 0 radical (unpaired) electrons. The van der Waals surface area contributed by atoms with Crippen molar-refractivity contribution in [3.8, 4) is 0 Å². The minimum absolute atomic E-state index is 0.124. The molecule has 0 bridgehead atoms. The number of benzene rings is 1. The third-order valence-electron chi connectivity index (χ3n) is 6.89. The molecule has 0 amide bonds. The second-order valence-corrected chi connectivity index (χ2v) is 8.87. The maximum atomic E-state index is 2.65. The minimum atomic E-state index is 0.124. The number of nitrogens with zero attached hydrogens (tertiary/aromatic N) is 1. The van der Waals surface area contributed by atoms with Gasteiger partial charge >= 0.3 is 0 Å². The first kappa shape index (κ1) is 16.1. The Bertz CT molecular complexity index is 701. The van der Waals surface area contributed by atoms with Crippen LogP contribution < -0.4 is 0 Å². The lowest BCUT2D eigenvalue weighted by molar-refractivity contribution is -0.608. The van der Waals surface area contributed by atoms with Crippen LogP contribution in [0.25, 0.3) is 0 Å². The van der Waals surface area contributed by atoms with E-state index < -0.39 is 0 Å². The van der Waals surface area contributed by atoms with Crippen molar-refractivity contribution in [2.45, 2.75) is 83.2 Å². The highest BCUT2D eigenvalue weighted by molar-refractivity contribution is 5.82.